The topological polar surface area (TPSA) is 12.0 Å². The SMILES string of the molecule is CNC(c1cccc(C)c1)c1ccc(C(F)(F)F)c(F)c1. The van der Waals surface area contributed by atoms with Crippen molar-refractivity contribution in [1.29, 1.82) is 0 Å². The highest BCUT2D eigenvalue weighted by atomic mass is 19.4. The van der Waals surface area contributed by atoms with Crippen molar-refractivity contribution < 1.29 is 17.6 Å². The zero-order valence-electron chi connectivity index (χ0n) is 11.6. The Morgan fingerprint density at radius 2 is 1.67 bits per heavy atom. The molecule has 2 aromatic carbocycles. The fourth-order valence-corrected chi connectivity index (χ4v) is 2.32. The van der Waals surface area contributed by atoms with Crippen molar-refractivity contribution in [2.75, 3.05) is 7.05 Å². The van der Waals surface area contributed by atoms with E-state index >= 15 is 0 Å². The van der Waals surface area contributed by atoms with Crippen LogP contribution < -0.4 is 5.32 Å². The van der Waals surface area contributed by atoms with Crippen LogP contribution in [-0.4, -0.2) is 7.05 Å². The third-order valence-electron chi connectivity index (χ3n) is 3.30. The number of halogens is 4. The zero-order chi connectivity index (χ0) is 15.6. The van der Waals surface area contributed by atoms with Gasteiger partial charge in [0.15, 0.2) is 0 Å². The first-order chi connectivity index (χ1) is 9.82. The molecule has 2 aromatic rings. The molecule has 1 atom stereocenters. The molecule has 0 aliphatic heterocycles. The van der Waals surface area contributed by atoms with Crippen LogP contribution in [0.1, 0.15) is 28.3 Å². The summed E-state index contributed by atoms with van der Waals surface area (Å²) >= 11 is 0. The monoisotopic (exact) mass is 297 g/mol. The van der Waals surface area contributed by atoms with Crippen LogP contribution in [0, 0.1) is 12.7 Å². The van der Waals surface area contributed by atoms with Crippen LogP contribution in [0.3, 0.4) is 0 Å². The maximum Gasteiger partial charge on any atom is 0.419 e. The second-order valence-corrected chi connectivity index (χ2v) is 4.87. The van der Waals surface area contributed by atoms with E-state index in [-0.39, 0.29) is 6.04 Å². The predicted octanol–water partition coefficient (Wildman–Crippen LogP) is 4.46. The quantitative estimate of drug-likeness (QED) is 0.825. The molecule has 0 aliphatic carbocycles. The van der Waals surface area contributed by atoms with Crippen LogP contribution in [0.2, 0.25) is 0 Å². The van der Waals surface area contributed by atoms with Crippen LogP contribution in [0.15, 0.2) is 42.5 Å². The zero-order valence-corrected chi connectivity index (χ0v) is 11.6. The Kier molecular flexibility index (Phi) is 4.32. The van der Waals surface area contributed by atoms with E-state index in [0.717, 1.165) is 23.3 Å². The van der Waals surface area contributed by atoms with Crippen LogP contribution in [0.4, 0.5) is 17.6 Å². The molecule has 5 heteroatoms. The van der Waals surface area contributed by atoms with Crippen molar-refractivity contribution in [1.82, 2.24) is 5.32 Å². The van der Waals surface area contributed by atoms with Gasteiger partial charge in [0.1, 0.15) is 5.82 Å². The number of nitrogens with one attached hydrogen (secondary N) is 1. The molecule has 0 bridgehead atoms. The molecule has 0 saturated heterocycles. The first-order valence-electron chi connectivity index (χ1n) is 6.43. The number of aryl methyl sites for hydroxylation is 1. The van der Waals surface area contributed by atoms with Gasteiger partial charge in [0.25, 0.3) is 0 Å². The maximum absolute atomic E-state index is 13.7. The van der Waals surface area contributed by atoms with Gasteiger partial charge < -0.3 is 5.32 Å². The highest BCUT2D eigenvalue weighted by Crippen LogP contribution is 2.33. The lowest BCUT2D eigenvalue weighted by Gasteiger charge is -2.19. The summed E-state index contributed by atoms with van der Waals surface area (Å²) < 4.78 is 51.4. The van der Waals surface area contributed by atoms with Gasteiger partial charge in [-0.05, 0) is 37.2 Å². The molecule has 1 nitrogen and oxygen atoms in total. The van der Waals surface area contributed by atoms with Gasteiger partial charge in [-0.3, -0.25) is 0 Å². The molecule has 2 rings (SSSR count). The second kappa shape index (κ2) is 5.85. The van der Waals surface area contributed by atoms with E-state index in [1.807, 2.05) is 31.2 Å². The Labute approximate surface area is 120 Å². The molecule has 0 aromatic heterocycles. The summed E-state index contributed by atoms with van der Waals surface area (Å²) in [6.45, 7) is 1.92. The Bertz CT molecular complexity index is 634. The average Bonchev–Trinajstić information content (AvgIpc) is 2.38. The molecule has 1 unspecified atom stereocenters. The summed E-state index contributed by atoms with van der Waals surface area (Å²) in [5.41, 5.74) is 1.11. The Morgan fingerprint density at radius 1 is 1.00 bits per heavy atom. The van der Waals surface area contributed by atoms with Gasteiger partial charge in [-0.25, -0.2) is 4.39 Å². The second-order valence-electron chi connectivity index (χ2n) is 4.87. The standard InChI is InChI=1S/C16H15F4N/c1-10-4-3-5-11(8-10)15(21-2)12-6-7-13(14(17)9-12)16(18,19)20/h3-9,15,21H,1-2H3. The van der Waals surface area contributed by atoms with E-state index in [2.05, 4.69) is 5.32 Å². The van der Waals surface area contributed by atoms with Gasteiger partial charge in [-0.15, -0.1) is 0 Å². The van der Waals surface area contributed by atoms with Gasteiger partial charge in [0.2, 0.25) is 0 Å². The minimum Gasteiger partial charge on any atom is -0.309 e. The fourth-order valence-electron chi connectivity index (χ4n) is 2.32. The number of hydrogen-bond donors (Lipinski definition) is 1. The van der Waals surface area contributed by atoms with Crippen molar-refractivity contribution in [3.63, 3.8) is 0 Å². The molecule has 112 valence electrons. The summed E-state index contributed by atoms with van der Waals surface area (Å²) in [5, 5.41) is 3.00. The molecule has 0 radical (unpaired) electrons. The predicted molar refractivity (Wildman–Crippen MR) is 73.5 cm³/mol. The summed E-state index contributed by atoms with van der Waals surface area (Å²) in [5.74, 6) is -1.26. The summed E-state index contributed by atoms with van der Waals surface area (Å²) in [7, 11) is 1.68. The van der Waals surface area contributed by atoms with Crippen LogP contribution in [0.25, 0.3) is 0 Å². The highest BCUT2D eigenvalue weighted by Gasteiger charge is 2.34. The van der Waals surface area contributed by atoms with Gasteiger partial charge >= 0.3 is 6.18 Å². The number of rotatable bonds is 3. The van der Waals surface area contributed by atoms with Gasteiger partial charge in [0, 0.05) is 0 Å². The van der Waals surface area contributed by atoms with Crippen molar-refractivity contribution in [2.24, 2.45) is 0 Å². The van der Waals surface area contributed by atoms with E-state index < -0.39 is 17.6 Å². The van der Waals surface area contributed by atoms with E-state index in [0.29, 0.717) is 5.56 Å². The number of hydrogen-bond acceptors (Lipinski definition) is 1. The van der Waals surface area contributed by atoms with E-state index in [9.17, 15) is 17.6 Å². The van der Waals surface area contributed by atoms with Gasteiger partial charge in [-0.1, -0.05) is 35.9 Å². The van der Waals surface area contributed by atoms with Gasteiger partial charge in [0.05, 0.1) is 11.6 Å². The molecular weight excluding hydrogens is 282 g/mol. The normalized spacial score (nSPS) is 13.2. The summed E-state index contributed by atoms with van der Waals surface area (Å²) in [6.07, 6.45) is -4.68. The molecular formula is C16H15F4N. The van der Waals surface area contributed by atoms with Crippen LogP contribution in [-0.2, 0) is 6.18 Å². The number of alkyl halides is 3. The molecule has 1 N–H and O–H groups in total. The lowest BCUT2D eigenvalue weighted by molar-refractivity contribution is -0.140. The molecule has 0 aliphatic rings. The van der Waals surface area contributed by atoms with Crippen molar-refractivity contribution in [2.45, 2.75) is 19.1 Å². The lowest BCUT2D eigenvalue weighted by Crippen LogP contribution is -2.18. The molecule has 0 amide bonds. The number of benzene rings is 2. The maximum atomic E-state index is 13.7. The van der Waals surface area contributed by atoms with Crippen LogP contribution >= 0.6 is 0 Å². The van der Waals surface area contributed by atoms with Gasteiger partial charge in [-0.2, -0.15) is 13.2 Å². The third kappa shape index (κ3) is 3.42. The minimum atomic E-state index is -4.68. The smallest absolute Gasteiger partial charge is 0.309 e. The van der Waals surface area contributed by atoms with E-state index in [1.54, 1.807) is 7.05 Å². The molecule has 0 saturated carbocycles. The fraction of sp³-hybridized carbons (Fsp3) is 0.250. The first-order valence-corrected chi connectivity index (χ1v) is 6.43. The Morgan fingerprint density at radius 3 is 2.19 bits per heavy atom. The molecule has 0 fully saturated rings. The molecule has 0 spiro atoms. The lowest BCUT2D eigenvalue weighted by atomic mass is 9.96. The van der Waals surface area contributed by atoms with Crippen LogP contribution in [0.5, 0.6) is 0 Å². The van der Waals surface area contributed by atoms with Crippen molar-refractivity contribution >= 4 is 0 Å². The largest absolute Gasteiger partial charge is 0.419 e. The first kappa shape index (κ1) is 15.5. The summed E-state index contributed by atoms with van der Waals surface area (Å²) in [6, 6.07) is 10.2. The van der Waals surface area contributed by atoms with E-state index in [1.165, 1.54) is 6.07 Å². The van der Waals surface area contributed by atoms with Crippen molar-refractivity contribution in [3.8, 4) is 0 Å². The highest BCUT2D eigenvalue weighted by molar-refractivity contribution is 5.36. The molecule has 21 heavy (non-hydrogen) atoms. The Hall–Kier alpha value is -1.88. The Balaban J connectivity index is 2.42. The minimum absolute atomic E-state index is 0.360. The van der Waals surface area contributed by atoms with E-state index in [4.69, 9.17) is 0 Å². The van der Waals surface area contributed by atoms with Crippen molar-refractivity contribution in [3.05, 3.63) is 70.5 Å². The average molecular weight is 297 g/mol. The molecule has 0 heterocycles. The summed E-state index contributed by atoms with van der Waals surface area (Å²) in [4.78, 5) is 0. The third-order valence-corrected chi connectivity index (χ3v) is 3.30.